The summed E-state index contributed by atoms with van der Waals surface area (Å²) < 4.78 is 0. The molecule has 120 valence electrons. The first-order valence-electron chi connectivity index (χ1n) is 9.08. The third-order valence-electron chi connectivity index (χ3n) is 3.38. The molecule has 0 N–H and O–H groups in total. The standard InChI is InChI=1S/C10H22.C7H16.C2H6/c1-4-6-7-8-9-10(3)5-2;1-4-5-6-7(2)3;1-2/h10H,4-9H2,1-3H3;7H,4-6H2,1-3H3;1-2H3. The van der Waals surface area contributed by atoms with Gasteiger partial charge in [-0.1, -0.05) is 113 Å². The fourth-order valence-corrected chi connectivity index (χ4v) is 1.74. The molecule has 0 heterocycles. The van der Waals surface area contributed by atoms with Crippen molar-refractivity contribution in [1.29, 1.82) is 0 Å². The van der Waals surface area contributed by atoms with E-state index in [1.807, 2.05) is 13.8 Å². The Morgan fingerprint density at radius 1 is 0.632 bits per heavy atom. The first kappa shape index (κ1) is 24.0. The van der Waals surface area contributed by atoms with Gasteiger partial charge in [-0.3, -0.25) is 0 Å². The van der Waals surface area contributed by atoms with Crippen LogP contribution in [0.3, 0.4) is 0 Å². The molecule has 0 aliphatic carbocycles. The molecule has 19 heavy (non-hydrogen) atoms. The molecule has 0 saturated carbocycles. The van der Waals surface area contributed by atoms with Gasteiger partial charge in [0.2, 0.25) is 0 Å². The van der Waals surface area contributed by atoms with Gasteiger partial charge in [-0.15, -0.1) is 0 Å². The average Bonchev–Trinajstić information content (AvgIpc) is 2.44. The van der Waals surface area contributed by atoms with Crippen LogP contribution < -0.4 is 0 Å². The normalized spacial score (nSPS) is 11.2. The zero-order valence-corrected chi connectivity index (χ0v) is 15.5. The van der Waals surface area contributed by atoms with Gasteiger partial charge >= 0.3 is 0 Å². The molecule has 0 radical (unpaired) electrons. The molecule has 1 atom stereocenters. The predicted octanol–water partition coefficient (Wildman–Crippen LogP) is 7.86. The first-order valence-corrected chi connectivity index (χ1v) is 9.08. The Hall–Kier alpha value is 0. The Morgan fingerprint density at radius 2 is 1.16 bits per heavy atom. The number of hydrogen-bond donors (Lipinski definition) is 0. The maximum absolute atomic E-state index is 2.35. The lowest BCUT2D eigenvalue weighted by Gasteiger charge is -2.06. The fourth-order valence-electron chi connectivity index (χ4n) is 1.74. The van der Waals surface area contributed by atoms with Gasteiger partial charge in [-0.05, 0) is 11.8 Å². The van der Waals surface area contributed by atoms with Gasteiger partial charge in [0.25, 0.3) is 0 Å². The molecule has 0 bridgehead atoms. The van der Waals surface area contributed by atoms with Crippen LogP contribution in [-0.4, -0.2) is 0 Å². The highest BCUT2D eigenvalue weighted by atomic mass is 14.0. The van der Waals surface area contributed by atoms with Crippen molar-refractivity contribution in [2.75, 3.05) is 0 Å². The monoisotopic (exact) mass is 272 g/mol. The lowest BCUT2D eigenvalue weighted by Crippen LogP contribution is -1.91. The fraction of sp³-hybridized carbons (Fsp3) is 1.00. The van der Waals surface area contributed by atoms with Crippen LogP contribution in [0.5, 0.6) is 0 Å². The molecule has 0 aromatic heterocycles. The molecular formula is C19H44. The Morgan fingerprint density at radius 3 is 1.47 bits per heavy atom. The zero-order valence-electron chi connectivity index (χ0n) is 15.5. The molecule has 0 saturated heterocycles. The lowest BCUT2D eigenvalue weighted by atomic mass is 10.0. The maximum Gasteiger partial charge on any atom is -0.0445 e. The number of rotatable bonds is 9. The molecule has 0 fully saturated rings. The van der Waals surface area contributed by atoms with E-state index in [0.717, 1.165) is 11.8 Å². The van der Waals surface area contributed by atoms with Crippen molar-refractivity contribution < 1.29 is 0 Å². The van der Waals surface area contributed by atoms with E-state index in [0.29, 0.717) is 0 Å². The van der Waals surface area contributed by atoms with Gasteiger partial charge in [0.15, 0.2) is 0 Å². The largest absolute Gasteiger partial charge is 0.0683 e. The minimum absolute atomic E-state index is 0.903. The highest BCUT2D eigenvalue weighted by molar-refractivity contribution is 4.50. The van der Waals surface area contributed by atoms with E-state index < -0.39 is 0 Å². The second-order valence-electron chi connectivity index (χ2n) is 5.90. The van der Waals surface area contributed by atoms with E-state index in [9.17, 15) is 0 Å². The van der Waals surface area contributed by atoms with E-state index in [-0.39, 0.29) is 0 Å². The molecule has 0 heteroatoms. The Labute approximate surface area is 125 Å². The lowest BCUT2D eigenvalue weighted by molar-refractivity contribution is 0.477. The Kier molecular flexibility index (Phi) is 29.3. The van der Waals surface area contributed by atoms with Crippen molar-refractivity contribution in [2.24, 2.45) is 11.8 Å². The van der Waals surface area contributed by atoms with E-state index in [2.05, 4.69) is 41.5 Å². The van der Waals surface area contributed by atoms with Crippen LogP contribution in [0.2, 0.25) is 0 Å². The summed E-state index contributed by atoms with van der Waals surface area (Å²) in [6.07, 6.45) is 12.6. The third kappa shape index (κ3) is 32.0. The van der Waals surface area contributed by atoms with Crippen molar-refractivity contribution >= 4 is 0 Å². The third-order valence-corrected chi connectivity index (χ3v) is 3.38. The van der Waals surface area contributed by atoms with Gasteiger partial charge in [0.1, 0.15) is 0 Å². The highest BCUT2D eigenvalue weighted by Crippen LogP contribution is 2.12. The molecule has 0 rings (SSSR count). The van der Waals surface area contributed by atoms with Crippen LogP contribution in [-0.2, 0) is 0 Å². The second kappa shape index (κ2) is 23.1. The number of unbranched alkanes of at least 4 members (excludes halogenated alkanes) is 4. The minimum Gasteiger partial charge on any atom is -0.0683 e. The molecule has 0 aliphatic heterocycles. The molecule has 0 aromatic carbocycles. The molecule has 0 nitrogen and oxygen atoms in total. The van der Waals surface area contributed by atoms with E-state index in [1.54, 1.807) is 0 Å². The average molecular weight is 273 g/mol. The molecule has 0 amide bonds. The van der Waals surface area contributed by atoms with Crippen LogP contribution in [0.25, 0.3) is 0 Å². The van der Waals surface area contributed by atoms with E-state index >= 15 is 0 Å². The van der Waals surface area contributed by atoms with Gasteiger partial charge in [-0.25, -0.2) is 0 Å². The molecule has 0 spiro atoms. The Bertz CT molecular complexity index is 115. The van der Waals surface area contributed by atoms with E-state index in [1.165, 1.54) is 57.8 Å². The van der Waals surface area contributed by atoms with Crippen LogP contribution in [0.15, 0.2) is 0 Å². The van der Waals surface area contributed by atoms with Gasteiger partial charge in [0, 0.05) is 0 Å². The number of hydrogen-bond acceptors (Lipinski definition) is 0. The molecular weight excluding hydrogens is 228 g/mol. The summed E-state index contributed by atoms with van der Waals surface area (Å²) in [6, 6.07) is 0. The second-order valence-corrected chi connectivity index (χ2v) is 5.90. The molecule has 1 unspecified atom stereocenters. The van der Waals surface area contributed by atoms with E-state index in [4.69, 9.17) is 0 Å². The molecule has 0 aromatic rings. The first-order chi connectivity index (χ1) is 9.08. The SMILES string of the molecule is CC.CCCCC(C)C.CCCCCCC(C)CC. The van der Waals surface area contributed by atoms with Gasteiger partial charge < -0.3 is 0 Å². The van der Waals surface area contributed by atoms with Crippen LogP contribution in [0.1, 0.15) is 113 Å². The summed E-state index contributed by atoms with van der Waals surface area (Å²) in [7, 11) is 0. The van der Waals surface area contributed by atoms with Gasteiger partial charge in [-0.2, -0.15) is 0 Å². The van der Waals surface area contributed by atoms with Crippen molar-refractivity contribution in [3.8, 4) is 0 Å². The predicted molar refractivity (Wildman–Crippen MR) is 93.9 cm³/mol. The van der Waals surface area contributed by atoms with Gasteiger partial charge in [0.05, 0.1) is 0 Å². The van der Waals surface area contributed by atoms with Crippen molar-refractivity contribution in [3.63, 3.8) is 0 Å². The van der Waals surface area contributed by atoms with Crippen molar-refractivity contribution in [2.45, 2.75) is 113 Å². The zero-order chi connectivity index (χ0) is 15.5. The van der Waals surface area contributed by atoms with Crippen LogP contribution in [0, 0.1) is 11.8 Å². The van der Waals surface area contributed by atoms with Crippen LogP contribution >= 0.6 is 0 Å². The quantitative estimate of drug-likeness (QED) is 0.375. The highest BCUT2D eigenvalue weighted by Gasteiger charge is 1.96. The summed E-state index contributed by atoms with van der Waals surface area (Å²) in [5, 5.41) is 0. The summed E-state index contributed by atoms with van der Waals surface area (Å²) in [5.74, 6) is 1.86. The topological polar surface area (TPSA) is 0 Å². The van der Waals surface area contributed by atoms with Crippen molar-refractivity contribution in [3.05, 3.63) is 0 Å². The summed E-state index contributed by atoms with van der Waals surface area (Å²) in [4.78, 5) is 0. The summed E-state index contributed by atoms with van der Waals surface area (Å²) in [5.41, 5.74) is 0. The summed E-state index contributed by atoms with van der Waals surface area (Å²) in [6.45, 7) is 17.7. The summed E-state index contributed by atoms with van der Waals surface area (Å²) >= 11 is 0. The minimum atomic E-state index is 0.903. The maximum atomic E-state index is 2.35. The molecule has 0 aliphatic rings. The smallest absolute Gasteiger partial charge is 0.0445 e. The Balaban J connectivity index is -0.000000249. The van der Waals surface area contributed by atoms with Crippen LogP contribution in [0.4, 0.5) is 0 Å². The van der Waals surface area contributed by atoms with Crippen molar-refractivity contribution in [1.82, 2.24) is 0 Å².